The predicted octanol–water partition coefficient (Wildman–Crippen LogP) is 2.90. The highest BCUT2D eigenvalue weighted by Crippen LogP contribution is 2.24. The maximum atomic E-state index is 12.1. The third-order valence-corrected chi connectivity index (χ3v) is 4.66. The largest absolute Gasteiger partial charge is 0.372 e. The average molecular weight is 383 g/mol. The number of unbranched alkanes of at least 4 members (excludes halogenated alkanes) is 1. The zero-order valence-corrected chi connectivity index (χ0v) is 16.4. The quantitative estimate of drug-likeness (QED) is 0.642. The van der Waals surface area contributed by atoms with Crippen LogP contribution >= 0.6 is 0 Å². The van der Waals surface area contributed by atoms with Crippen molar-refractivity contribution in [3.8, 4) is 22.8 Å². The Morgan fingerprint density at radius 2 is 1.89 bits per heavy atom. The van der Waals surface area contributed by atoms with E-state index in [1.54, 1.807) is 0 Å². The second-order valence-electron chi connectivity index (χ2n) is 6.49. The number of benzene rings is 1. The van der Waals surface area contributed by atoms with Gasteiger partial charge in [0.05, 0.1) is 0 Å². The molecule has 0 atom stereocenters. The summed E-state index contributed by atoms with van der Waals surface area (Å²) in [5, 5.41) is 3.91. The van der Waals surface area contributed by atoms with E-state index in [-0.39, 0.29) is 11.4 Å². The minimum Gasteiger partial charge on any atom is -0.372 e. The third kappa shape index (κ3) is 4.05. The molecule has 3 rings (SSSR count). The normalized spacial score (nSPS) is 11.0. The van der Waals surface area contributed by atoms with Crippen LogP contribution in [0.3, 0.4) is 0 Å². The molecule has 8 nitrogen and oxygen atoms in total. The lowest BCUT2D eigenvalue weighted by Crippen LogP contribution is -2.30. The fourth-order valence-corrected chi connectivity index (χ4v) is 2.99. The number of hydrogen-bond donors (Lipinski definition) is 1. The summed E-state index contributed by atoms with van der Waals surface area (Å²) in [7, 11) is 0. The molecule has 0 aliphatic carbocycles. The van der Waals surface area contributed by atoms with Crippen LogP contribution in [0.4, 0.5) is 5.69 Å². The highest BCUT2D eigenvalue weighted by molar-refractivity contribution is 5.61. The molecular formula is C20H25N5O3. The number of rotatable bonds is 8. The summed E-state index contributed by atoms with van der Waals surface area (Å²) >= 11 is 0. The van der Waals surface area contributed by atoms with Crippen molar-refractivity contribution < 1.29 is 4.52 Å². The fraction of sp³-hybridized carbons (Fsp3) is 0.400. The number of nitrogens with zero attached hydrogens (tertiary/aromatic N) is 4. The van der Waals surface area contributed by atoms with Gasteiger partial charge >= 0.3 is 5.69 Å². The van der Waals surface area contributed by atoms with Gasteiger partial charge in [-0.15, -0.1) is 0 Å². The second-order valence-corrected chi connectivity index (χ2v) is 6.49. The van der Waals surface area contributed by atoms with Crippen molar-refractivity contribution in [2.75, 3.05) is 18.0 Å². The van der Waals surface area contributed by atoms with E-state index >= 15 is 0 Å². The second kappa shape index (κ2) is 8.69. The van der Waals surface area contributed by atoms with Crippen LogP contribution in [0, 0.1) is 0 Å². The first kappa shape index (κ1) is 19.6. The topological polar surface area (TPSA) is 97.0 Å². The van der Waals surface area contributed by atoms with Crippen molar-refractivity contribution in [3.63, 3.8) is 0 Å². The van der Waals surface area contributed by atoms with Crippen LogP contribution in [-0.2, 0) is 6.54 Å². The summed E-state index contributed by atoms with van der Waals surface area (Å²) in [6.07, 6.45) is 3.76. The van der Waals surface area contributed by atoms with Crippen molar-refractivity contribution >= 4 is 5.69 Å². The average Bonchev–Trinajstić information content (AvgIpc) is 3.19. The summed E-state index contributed by atoms with van der Waals surface area (Å²) in [4.78, 5) is 32.7. The molecule has 8 heteroatoms. The Balaban J connectivity index is 1.86. The maximum absolute atomic E-state index is 12.1. The molecule has 0 radical (unpaired) electrons. The first-order valence-corrected chi connectivity index (χ1v) is 9.60. The van der Waals surface area contributed by atoms with Gasteiger partial charge in [-0.2, -0.15) is 4.98 Å². The number of nitrogens with one attached hydrogen (secondary N) is 1. The Kier molecular flexibility index (Phi) is 6.08. The summed E-state index contributed by atoms with van der Waals surface area (Å²) in [6.45, 7) is 8.53. The Bertz CT molecular complexity index is 1030. The van der Waals surface area contributed by atoms with Crippen molar-refractivity contribution in [1.29, 1.82) is 0 Å². The molecule has 0 aliphatic rings. The SMILES string of the molecule is CCCCN(CC)c1ccc(-c2nc(-c3cn(CC)c(=O)[nH]c3=O)no2)cc1. The van der Waals surface area contributed by atoms with E-state index in [1.165, 1.54) is 10.8 Å². The monoisotopic (exact) mass is 383 g/mol. The molecule has 0 unspecified atom stereocenters. The van der Waals surface area contributed by atoms with E-state index in [9.17, 15) is 9.59 Å². The van der Waals surface area contributed by atoms with E-state index in [1.807, 2.05) is 31.2 Å². The fourth-order valence-electron chi connectivity index (χ4n) is 2.99. The van der Waals surface area contributed by atoms with Gasteiger partial charge < -0.3 is 14.0 Å². The third-order valence-electron chi connectivity index (χ3n) is 4.66. The Labute approximate surface area is 162 Å². The molecule has 0 aliphatic heterocycles. The van der Waals surface area contributed by atoms with Gasteiger partial charge in [-0.05, 0) is 44.5 Å². The van der Waals surface area contributed by atoms with Crippen molar-refractivity contribution in [2.45, 2.75) is 40.2 Å². The minimum atomic E-state index is -0.535. The van der Waals surface area contributed by atoms with E-state index < -0.39 is 11.2 Å². The van der Waals surface area contributed by atoms with Gasteiger partial charge in [-0.25, -0.2) is 4.79 Å². The van der Waals surface area contributed by atoms with Crippen LogP contribution in [0.5, 0.6) is 0 Å². The molecule has 0 bridgehead atoms. The molecule has 0 saturated heterocycles. The number of hydrogen-bond acceptors (Lipinski definition) is 6. The lowest BCUT2D eigenvalue weighted by Gasteiger charge is -2.22. The van der Waals surface area contributed by atoms with Gasteiger partial charge in [-0.1, -0.05) is 18.5 Å². The van der Waals surface area contributed by atoms with Crippen molar-refractivity contribution in [2.24, 2.45) is 0 Å². The van der Waals surface area contributed by atoms with Gasteiger partial charge in [0.15, 0.2) is 0 Å². The lowest BCUT2D eigenvalue weighted by atomic mass is 10.2. The smallest absolute Gasteiger partial charge is 0.328 e. The molecule has 0 saturated carbocycles. The van der Waals surface area contributed by atoms with Crippen molar-refractivity contribution in [3.05, 3.63) is 51.3 Å². The van der Waals surface area contributed by atoms with E-state index in [0.717, 1.165) is 37.2 Å². The first-order chi connectivity index (χ1) is 13.6. The van der Waals surface area contributed by atoms with Gasteiger partial charge in [0.25, 0.3) is 11.4 Å². The van der Waals surface area contributed by atoms with Gasteiger partial charge in [0, 0.05) is 37.1 Å². The Hall–Kier alpha value is -3.16. The number of aromatic nitrogens is 4. The van der Waals surface area contributed by atoms with Crippen LogP contribution < -0.4 is 16.1 Å². The molecule has 28 heavy (non-hydrogen) atoms. The molecule has 1 N–H and O–H groups in total. The summed E-state index contributed by atoms with van der Waals surface area (Å²) in [5.74, 6) is 0.479. The molecule has 2 heterocycles. The molecule has 0 fully saturated rings. The molecule has 148 valence electrons. The van der Waals surface area contributed by atoms with Crippen LogP contribution in [0.2, 0.25) is 0 Å². The molecule has 0 amide bonds. The Morgan fingerprint density at radius 1 is 1.14 bits per heavy atom. The molecular weight excluding hydrogens is 358 g/mol. The van der Waals surface area contributed by atoms with Gasteiger partial charge in [0.2, 0.25) is 5.82 Å². The van der Waals surface area contributed by atoms with E-state index in [4.69, 9.17) is 4.52 Å². The lowest BCUT2D eigenvalue weighted by molar-refractivity contribution is 0.432. The Morgan fingerprint density at radius 3 is 2.54 bits per heavy atom. The van der Waals surface area contributed by atoms with Gasteiger partial charge in [0.1, 0.15) is 5.56 Å². The van der Waals surface area contributed by atoms with Crippen LogP contribution in [0.1, 0.15) is 33.6 Å². The zero-order chi connectivity index (χ0) is 20.1. The molecule has 2 aromatic heterocycles. The minimum absolute atomic E-state index is 0.153. The molecule has 0 spiro atoms. The number of H-pyrrole nitrogens is 1. The van der Waals surface area contributed by atoms with E-state index in [2.05, 4.69) is 33.9 Å². The highest BCUT2D eigenvalue weighted by Gasteiger charge is 2.15. The predicted molar refractivity (Wildman–Crippen MR) is 109 cm³/mol. The standard InChI is InChI=1S/C20H25N5O3/c1-4-7-12-24(5-2)15-10-8-14(9-11-15)19-21-17(23-28-19)16-13-25(6-3)20(27)22-18(16)26/h8-11,13H,4-7,12H2,1-3H3,(H,22,26,27). The summed E-state index contributed by atoms with van der Waals surface area (Å²) in [5.41, 5.74) is 1.12. The van der Waals surface area contributed by atoms with Gasteiger partial charge in [-0.3, -0.25) is 9.78 Å². The number of aryl methyl sites for hydroxylation is 1. The first-order valence-electron chi connectivity index (χ1n) is 9.60. The maximum Gasteiger partial charge on any atom is 0.328 e. The van der Waals surface area contributed by atoms with Crippen LogP contribution in [0.15, 0.2) is 44.6 Å². The van der Waals surface area contributed by atoms with Crippen molar-refractivity contribution in [1.82, 2.24) is 19.7 Å². The van der Waals surface area contributed by atoms with E-state index in [0.29, 0.717) is 12.4 Å². The van der Waals surface area contributed by atoms with Crippen LogP contribution in [0.25, 0.3) is 22.8 Å². The summed E-state index contributed by atoms with van der Waals surface area (Å²) < 4.78 is 6.73. The highest BCUT2D eigenvalue weighted by atomic mass is 16.5. The molecule has 3 aromatic rings. The zero-order valence-electron chi connectivity index (χ0n) is 16.4. The molecule has 1 aromatic carbocycles. The van der Waals surface area contributed by atoms with Crippen LogP contribution in [-0.4, -0.2) is 32.8 Å². The number of aromatic amines is 1. The number of anilines is 1. The summed E-state index contributed by atoms with van der Waals surface area (Å²) in [6, 6.07) is 7.92.